The first-order chi connectivity index (χ1) is 17.4. The number of nitrogen functional groups attached to an aromatic ring is 1. The van der Waals surface area contributed by atoms with Crippen molar-refractivity contribution in [1.82, 2.24) is 24.4 Å². The minimum Gasteiger partial charge on any atom is -0.497 e. The van der Waals surface area contributed by atoms with E-state index in [0.717, 1.165) is 12.8 Å². The lowest BCUT2D eigenvalue weighted by molar-refractivity contribution is -0.143. The molecule has 1 aliphatic heterocycles. The summed E-state index contributed by atoms with van der Waals surface area (Å²) < 4.78 is 17.6. The Morgan fingerprint density at radius 2 is 2.06 bits per heavy atom. The molecule has 0 bridgehead atoms. The maximum Gasteiger partial charge on any atom is 0.410 e. The zero-order chi connectivity index (χ0) is 25.8. The third-order valence-electron chi connectivity index (χ3n) is 5.99. The van der Waals surface area contributed by atoms with Gasteiger partial charge in [0.15, 0.2) is 28.2 Å². The summed E-state index contributed by atoms with van der Waals surface area (Å²) in [4.78, 5) is 40.7. The summed E-state index contributed by atoms with van der Waals surface area (Å²) in [6, 6.07) is 3.39. The summed E-state index contributed by atoms with van der Waals surface area (Å²) >= 11 is 1.18. The smallest absolute Gasteiger partial charge is 0.410 e. The Hall–Kier alpha value is -3.74. The number of aliphatic carboxylic acids is 1. The number of carboxylic acids is 1. The quantitative estimate of drug-likeness (QED) is 0.453. The van der Waals surface area contributed by atoms with Crippen LogP contribution in [0.15, 0.2) is 34.6 Å². The topological polar surface area (TPSA) is 155 Å². The summed E-state index contributed by atoms with van der Waals surface area (Å²) in [5.74, 6) is 0.132. The van der Waals surface area contributed by atoms with Crippen LogP contribution < -0.4 is 15.2 Å². The minimum atomic E-state index is -1.20. The lowest BCUT2D eigenvalue weighted by Gasteiger charge is -2.38. The number of ether oxygens (including phenoxy) is 3. The highest BCUT2D eigenvalue weighted by Gasteiger charge is 2.41. The van der Waals surface area contributed by atoms with E-state index in [4.69, 9.17) is 19.9 Å². The van der Waals surface area contributed by atoms with Crippen molar-refractivity contribution in [1.29, 1.82) is 0 Å². The number of hydrogen-bond acceptors (Lipinski definition) is 10. The lowest BCUT2D eigenvalue weighted by Crippen LogP contribution is -2.50. The first kappa shape index (κ1) is 25.4. The molecule has 0 radical (unpaired) electrons. The molecule has 192 valence electrons. The Morgan fingerprint density at radius 1 is 1.25 bits per heavy atom. The zero-order valence-electron chi connectivity index (χ0n) is 20.2. The number of imidazole rings is 1. The molecule has 0 spiro atoms. The molecule has 2 aromatic heterocycles. The number of carboxylic acid groups (broad SMARTS) is 1. The molecule has 12 nitrogen and oxygen atoms in total. The van der Waals surface area contributed by atoms with E-state index in [2.05, 4.69) is 15.0 Å². The Balaban J connectivity index is 1.88. The molecule has 3 N–H and O–H groups in total. The number of hydrogen-bond donors (Lipinski definition) is 2. The number of amides is 1. The van der Waals surface area contributed by atoms with E-state index < -0.39 is 24.1 Å². The highest BCUT2D eigenvalue weighted by atomic mass is 32.2. The predicted octanol–water partition coefficient (Wildman–Crippen LogP) is 3.21. The largest absolute Gasteiger partial charge is 0.497 e. The van der Waals surface area contributed by atoms with Crippen molar-refractivity contribution in [3.05, 3.63) is 24.5 Å². The average molecular weight is 517 g/mol. The molecule has 4 rings (SSSR count). The van der Waals surface area contributed by atoms with E-state index in [1.54, 1.807) is 32.2 Å². The molecule has 0 saturated carbocycles. The molecule has 1 aromatic carbocycles. The van der Waals surface area contributed by atoms with Gasteiger partial charge in [0.2, 0.25) is 0 Å². The molecule has 1 saturated heterocycles. The highest BCUT2D eigenvalue weighted by Crippen LogP contribution is 2.41. The lowest BCUT2D eigenvalue weighted by atomic mass is 9.95. The number of methoxy groups -OCH3 is 2. The Labute approximate surface area is 211 Å². The molecule has 1 aliphatic rings. The first-order valence-corrected chi connectivity index (χ1v) is 12.3. The minimum absolute atomic E-state index is 0.119. The number of nitrogens with zero attached hydrogens (tertiary/aromatic N) is 5. The molecule has 2 atom stereocenters. The van der Waals surface area contributed by atoms with E-state index in [9.17, 15) is 14.7 Å². The van der Waals surface area contributed by atoms with Gasteiger partial charge in [0.05, 0.1) is 31.8 Å². The van der Waals surface area contributed by atoms with E-state index in [1.165, 1.54) is 34.7 Å². The third kappa shape index (κ3) is 4.83. The van der Waals surface area contributed by atoms with Crippen LogP contribution >= 0.6 is 11.8 Å². The van der Waals surface area contributed by atoms with Gasteiger partial charge in [0, 0.05) is 6.54 Å². The fraction of sp³-hybridized carbons (Fsp3) is 0.435. The number of benzene rings is 1. The summed E-state index contributed by atoms with van der Waals surface area (Å²) in [5, 5.41) is 10.8. The van der Waals surface area contributed by atoms with Gasteiger partial charge in [-0.25, -0.2) is 24.5 Å². The van der Waals surface area contributed by atoms with E-state index in [-0.39, 0.29) is 23.6 Å². The van der Waals surface area contributed by atoms with Gasteiger partial charge in [0.1, 0.15) is 17.8 Å². The van der Waals surface area contributed by atoms with Crippen LogP contribution in [0.4, 0.5) is 10.6 Å². The van der Waals surface area contributed by atoms with Crippen molar-refractivity contribution in [3.63, 3.8) is 0 Å². The van der Waals surface area contributed by atoms with Gasteiger partial charge in [-0.2, -0.15) is 0 Å². The zero-order valence-corrected chi connectivity index (χ0v) is 21.0. The molecule has 36 heavy (non-hydrogen) atoms. The molecule has 2 unspecified atom stereocenters. The van der Waals surface area contributed by atoms with Crippen molar-refractivity contribution < 1.29 is 28.9 Å². The van der Waals surface area contributed by atoms with Crippen LogP contribution in [0.2, 0.25) is 0 Å². The first-order valence-electron chi connectivity index (χ1n) is 11.4. The normalized spacial score (nSPS) is 16.5. The number of rotatable bonds is 8. The van der Waals surface area contributed by atoms with E-state index in [0.29, 0.717) is 34.5 Å². The van der Waals surface area contributed by atoms with Crippen LogP contribution in [0.3, 0.4) is 0 Å². The Bertz CT molecular complexity index is 1270. The molecule has 3 heterocycles. The maximum absolute atomic E-state index is 12.8. The van der Waals surface area contributed by atoms with Crippen LogP contribution in [0, 0.1) is 0 Å². The SMILES string of the molecule is CCOC(=O)N1CCCCC1C(C(=O)O)n1c(Sc2cc(OC)ccc2OC)nc2c(N)ncnc21. The number of nitrogens with two attached hydrogens (primary N) is 1. The Kier molecular flexibility index (Phi) is 7.67. The van der Waals surface area contributed by atoms with E-state index in [1.807, 2.05) is 0 Å². The number of anilines is 1. The summed E-state index contributed by atoms with van der Waals surface area (Å²) in [7, 11) is 3.09. The number of piperidine rings is 1. The number of aromatic nitrogens is 4. The second-order valence-corrected chi connectivity index (χ2v) is 9.06. The maximum atomic E-state index is 12.8. The second-order valence-electron chi connectivity index (χ2n) is 8.05. The van der Waals surface area contributed by atoms with Crippen molar-refractivity contribution >= 4 is 40.8 Å². The molecule has 1 fully saturated rings. The van der Waals surface area contributed by atoms with Crippen LogP contribution in [-0.2, 0) is 9.53 Å². The molecule has 0 aliphatic carbocycles. The van der Waals surface area contributed by atoms with Gasteiger partial charge in [-0.1, -0.05) is 0 Å². The number of fused-ring (bicyclic) bond motifs is 1. The molecular formula is C23H28N6O6S. The fourth-order valence-electron chi connectivity index (χ4n) is 4.36. The van der Waals surface area contributed by atoms with Crippen LogP contribution in [0.25, 0.3) is 11.2 Å². The average Bonchev–Trinajstić information content (AvgIpc) is 3.23. The number of carbonyl (C=O) groups is 2. The number of carbonyl (C=O) groups excluding carboxylic acids is 1. The molecular weight excluding hydrogens is 488 g/mol. The van der Waals surface area contributed by atoms with Gasteiger partial charge in [-0.15, -0.1) is 0 Å². The predicted molar refractivity (Wildman–Crippen MR) is 131 cm³/mol. The van der Waals surface area contributed by atoms with Gasteiger partial charge < -0.3 is 30.0 Å². The molecule has 1 amide bonds. The van der Waals surface area contributed by atoms with Crippen LogP contribution in [-0.4, -0.2) is 75.0 Å². The monoisotopic (exact) mass is 516 g/mol. The molecule has 13 heteroatoms. The van der Waals surface area contributed by atoms with Crippen LogP contribution in [0.1, 0.15) is 32.2 Å². The van der Waals surface area contributed by atoms with Gasteiger partial charge >= 0.3 is 12.1 Å². The van der Waals surface area contributed by atoms with Crippen LogP contribution in [0.5, 0.6) is 11.5 Å². The van der Waals surface area contributed by atoms with Crippen molar-refractivity contribution in [2.45, 2.75) is 48.3 Å². The standard InChI is InChI=1S/C23H28N6O6S/c1-4-35-23(32)28-10-6-5-7-14(28)18(21(30)31)29-20-17(19(24)25-12-26-20)27-22(29)36-16-11-13(33-2)8-9-15(16)34-3/h8-9,11-12,14,18H,4-7,10H2,1-3H3,(H,30,31)(H2,24,25,26). The summed E-state index contributed by atoms with van der Waals surface area (Å²) in [6.07, 6.45) is 2.71. The molecule has 3 aromatic rings. The van der Waals surface area contributed by atoms with E-state index >= 15 is 0 Å². The van der Waals surface area contributed by atoms with Gasteiger partial charge in [0.25, 0.3) is 0 Å². The Morgan fingerprint density at radius 3 is 2.75 bits per heavy atom. The van der Waals surface area contributed by atoms with Crippen molar-refractivity contribution in [2.24, 2.45) is 0 Å². The van der Waals surface area contributed by atoms with Gasteiger partial charge in [-0.3, -0.25) is 4.57 Å². The van der Waals surface area contributed by atoms with Crippen molar-refractivity contribution in [2.75, 3.05) is 33.1 Å². The van der Waals surface area contributed by atoms with Crippen molar-refractivity contribution in [3.8, 4) is 11.5 Å². The van der Waals surface area contributed by atoms with Gasteiger partial charge in [-0.05, 0) is 56.1 Å². The second kappa shape index (κ2) is 10.9. The summed E-state index contributed by atoms with van der Waals surface area (Å²) in [5.41, 5.74) is 6.62. The fourth-order valence-corrected chi connectivity index (χ4v) is 5.42. The highest BCUT2D eigenvalue weighted by molar-refractivity contribution is 7.99. The summed E-state index contributed by atoms with van der Waals surface area (Å²) in [6.45, 7) is 2.29. The number of likely N-dealkylation sites (tertiary alicyclic amines) is 1. The third-order valence-corrected chi connectivity index (χ3v) is 7.00.